The number of carbonyl (C=O) groups excluding carboxylic acids is 4. The summed E-state index contributed by atoms with van der Waals surface area (Å²) in [6.07, 6.45) is 4.42. The molecule has 1 aliphatic rings. The summed E-state index contributed by atoms with van der Waals surface area (Å²) >= 11 is 1.42. The molecule has 0 spiro atoms. The maximum absolute atomic E-state index is 12.1. The minimum absolute atomic E-state index is 0.0850. The molecule has 7 nitrogen and oxygen atoms in total. The molecule has 8 heteroatoms. The zero-order chi connectivity index (χ0) is 20.5. The summed E-state index contributed by atoms with van der Waals surface area (Å²) < 4.78 is 4.71. The number of Topliss-reactive ketones (excluding diaryl/α,β-unsaturated/α-hetero) is 1. The van der Waals surface area contributed by atoms with E-state index >= 15 is 0 Å². The van der Waals surface area contributed by atoms with Crippen molar-refractivity contribution >= 4 is 35.5 Å². The number of thioether (sulfide) groups is 1. The van der Waals surface area contributed by atoms with Gasteiger partial charge in [0.2, 0.25) is 11.8 Å². The zero-order valence-electron chi connectivity index (χ0n) is 16.0. The maximum Gasteiger partial charge on any atom is 0.404 e. The first kappa shape index (κ1) is 21.9. The predicted octanol–water partition coefficient (Wildman–Crippen LogP) is 2.44. The van der Waals surface area contributed by atoms with E-state index in [0.29, 0.717) is 25.8 Å². The van der Waals surface area contributed by atoms with Gasteiger partial charge in [-0.2, -0.15) is 11.8 Å². The number of ketones is 1. The summed E-state index contributed by atoms with van der Waals surface area (Å²) in [5.41, 5.74) is 6.64. The highest BCUT2D eigenvalue weighted by Crippen LogP contribution is 2.23. The SMILES string of the molecule is CSC1CC(=O)N(CCCCCC(=O)Cc2ccc(COC(N)=O)cc2)C1=O. The number of likely N-dealkylation sites (tertiary alicyclic amines) is 1. The van der Waals surface area contributed by atoms with Crippen LogP contribution in [0.25, 0.3) is 0 Å². The lowest BCUT2D eigenvalue weighted by molar-refractivity contribution is -0.138. The van der Waals surface area contributed by atoms with E-state index in [0.717, 1.165) is 30.4 Å². The Hall–Kier alpha value is -2.35. The van der Waals surface area contributed by atoms with E-state index in [4.69, 9.17) is 10.5 Å². The average molecular weight is 407 g/mol. The highest BCUT2D eigenvalue weighted by atomic mass is 32.2. The molecule has 152 valence electrons. The van der Waals surface area contributed by atoms with E-state index in [-0.39, 0.29) is 29.5 Å². The summed E-state index contributed by atoms with van der Waals surface area (Å²) in [6, 6.07) is 7.28. The lowest BCUT2D eigenvalue weighted by Gasteiger charge is -2.14. The summed E-state index contributed by atoms with van der Waals surface area (Å²) in [5, 5.41) is -0.233. The molecule has 28 heavy (non-hydrogen) atoms. The molecule has 2 rings (SSSR count). The Morgan fingerprint density at radius 1 is 1.14 bits per heavy atom. The number of carbonyl (C=O) groups is 4. The minimum atomic E-state index is -0.818. The summed E-state index contributed by atoms with van der Waals surface area (Å²) in [6.45, 7) is 0.557. The lowest BCUT2D eigenvalue weighted by atomic mass is 10.0. The van der Waals surface area contributed by atoms with Crippen LogP contribution in [0.3, 0.4) is 0 Å². The Morgan fingerprint density at radius 3 is 2.43 bits per heavy atom. The maximum atomic E-state index is 12.1. The van der Waals surface area contributed by atoms with Gasteiger partial charge in [0.15, 0.2) is 0 Å². The molecule has 0 bridgehead atoms. The number of hydrogen-bond acceptors (Lipinski definition) is 6. The Morgan fingerprint density at radius 2 is 1.82 bits per heavy atom. The Labute approximate surface area is 169 Å². The quantitative estimate of drug-likeness (QED) is 0.447. The third kappa shape index (κ3) is 6.67. The predicted molar refractivity (Wildman–Crippen MR) is 107 cm³/mol. The van der Waals surface area contributed by atoms with Gasteiger partial charge in [0.25, 0.3) is 0 Å². The van der Waals surface area contributed by atoms with E-state index in [9.17, 15) is 19.2 Å². The minimum Gasteiger partial charge on any atom is -0.445 e. The van der Waals surface area contributed by atoms with Gasteiger partial charge in [-0.25, -0.2) is 4.79 Å². The van der Waals surface area contributed by atoms with Gasteiger partial charge >= 0.3 is 6.09 Å². The second-order valence-electron chi connectivity index (χ2n) is 6.76. The third-order valence-corrected chi connectivity index (χ3v) is 5.57. The first-order valence-electron chi connectivity index (χ1n) is 9.29. The van der Waals surface area contributed by atoms with Crippen LogP contribution >= 0.6 is 11.8 Å². The van der Waals surface area contributed by atoms with Gasteiger partial charge in [-0.1, -0.05) is 30.7 Å². The van der Waals surface area contributed by atoms with Gasteiger partial charge < -0.3 is 10.5 Å². The summed E-state index contributed by atoms with van der Waals surface area (Å²) in [7, 11) is 0. The average Bonchev–Trinajstić information content (AvgIpc) is 2.94. The van der Waals surface area contributed by atoms with Crippen molar-refractivity contribution in [3.8, 4) is 0 Å². The molecular formula is C20H26N2O5S. The molecule has 1 heterocycles. The lowest BCUT2D eigenvalue weighted by Crippen LogP contribution is -2.32. The molecule has 1 saturated heterocycles. The van der Waals surface area contributed by atoms with Crippen molar-refractivity contribution in [3.05, 3.63) is 35.4 Å². The monoisotopic (exact) mass is 406 g/mol. The molecule has 0 aromatic heterocycles. The van der Waals surface area contributed by atoms with E-state index in [1.807, 2.05) is 18.4 Å². The van der Waals surface area contributed by atoms with Crippen molar-refractivity contribution in [2.75, 3.05) is 12.8 Å². The van der Waals surface area contributed by atoms with Crippen molar-refractivity contribution < 1.29 is 23.9 Å². The largest absolute Gasteiger partial charge is 0.445 e. The summed E-state index contributed by atoms with van der Waals surface area (Å²) in [4.78, 5) is 47.9. The fraction of sp³-hybridized carbons (Fsp3) is 0.500. The van der Waals surface area contributed by atoms with Crippen LogP contribution in [0.15, 0.2) is 24.3 Å². The van der Waals surface area contributed by atoms with E-state index in [2.05, 4.69) is 0 Å². The standard InChI is InChI=1S/C20H26N2O5S/c1-28-17-12-18(24)22(19(17)25)10-4-2-3-5-16(23)11-14-6-8-15(9-7-14)13-27-20(21)26/h6-9,17H,2-5,10-13H2,1H3,(H2,21,26). The van der Waals surface area contributed by atoms with Crippen molar-refractivity contribution in [2.24, 2.45) is 5.73 Å². The number of amides is 3. The molecule has 1 atom stereocenters. The van der Waals surface area contributed by atoms with Crippen LogP contribution in [-0.4, -0.2) is 46.6 Å². The molecule has 1 aliphatic heterocycles. The van der Waals surface area contributed by atoms with Gasteiger partial charge in [-0.05, 0) is 30.2 Å². The highest BCUT2D eigenvalue weighted by Gasteiger charge is 2.37. The fourth-order valence-electron chi connectivity index (χ4n) is 3.06. The molecule has 0 aliphatic carbocycles. The number of rotatable bonds is 11. The number of nitrogens with two attached hydrogens (primary N) is 1. The first-order chi connectivity index (χ1) is 13.4. The van der Waals surface area contributed by atoms with Crippen LogP contribution in [0, 0.1) is 0 Å². The number of primary amides is 1. The van der Waals surface area contributed by atoms with Crippen LogP contribution in [0.5, 0.6) is 0 Å². The van der Waals surface area contributed by atoms with Crippen LogP contribution < -0.4 is 5.73 Å². The van der Waals surface area contributed by atoms with Crippen LogP contribution in [0.2, 0.25) is 0 Å². The molecule has 1 aromatic carbocycles. The number of ether oxygens (including phenoxy) is 1. The second-order valence-corrected chi connectivity index (χ2v) is 7.80. The van der Waals surface area contributed by atoms with Crippen molar-refractivity contribution in [1.82, 2.24) is 4.90 Å². The van der Waals surface area contributed by atoms with Crippen LogP contribution in [-0.2, 0) is 32.1 Å². The third-order valence-electron chi connectivity index (χ3n) is 4.63. The molecule has 3 amide bonds. The molecule has 1 aromatic rings. The smallest absolute Gasteiger partial charge is 0.404 e. The Balaban J connectivity index is 1.63. The number of nitrogens with zero attached hydrogens (tertiary/aromatic N) is 1. The van der Waals surface area contributed by atoms with E-state index in [1.165, 1.54) is 16.7 Å². The number of unbranched alkanes of at least 4 members (excludes halogenated alkanes) is 2. The van der Waals surface area contributed by atoms with Gasteiger partial charge in [0, 0.05) is 25.8 Å². The van der Waals surface area contributed by atoms with Gasteiger partial charge in [0.05, 0.1) is 5.25 Å². The fourth-order valence-corrected chi connectivity index (χ4v) is 3.70. The molecule has 0 saturated carbocycles. The molecule has 1 fully saturated rings. The molecule has 0 radical (unpaired) electrons. The molecule has 2 N–H and O–H groups in total. The first-order valence-corrected chi connectivity index (χ1v) is 10.6. The normalized spacial score (nSPS) is 16.5. The Bertz CT molecular complexity index is 720. The van der Waals surface area contributed by atoms with Crippen LogP contribution in [0.4, 0.5) is 4.79 Å². The van der Waals surface area contributed by atoms with Gasteiger partial charge in [-0.3, -0.25) is 19.3 Å². The highest BCUT2D eigenvalue weighted by molar-refractivity contribution is 8.00. The van der Waals surface area contributed by atoms with Gasteiger partial charge in [0.1, 0.15) is 12.4 Å². The second kappa shape index (κ2) is 10.8. The van der Waals surface area contributed by atoms with Crippen LogP contribution in [0.1, 0.15) is 43.2 Å². The Kier molecular flexibility index (Phi) is 8.50. The van der Waals surface area contributed by atoms with E-state index < -0.39 is 6.09 Å². The summed E-state index contributed by atoms with van der Waals surface area (Å²) in [5.74, 6) is -0.0275. The number of imide groups is 1. The van der Waals surface area contributed by atoms with Crippen molar-refractivity contribution in [3.63, 3.8) is 0 Å². The number of benzene rings is 1. The zero-order valence-corrected chi connectivity index (χ0v) is 16.8. The van der Waals surface area contributed by atoms with Crippen molar-refractivity contribution in [2.45, 2.75) is 50.4 Å². The molecular weight excluding hydrogens is 380 g/mol. The number of hydrogen-bond donors (Lipinski definition) is 1. The molecule has 1 unspecified atom stereocenters. The van der Waals surface area contributed by atoms with Crippen molar-refractivity contribution in [1.29, 1.82) is 0 Å². The van der Waals surface area contributed by atoms with Gasteiger partial charge in [-0.15, -0.1) is 0 Å². The van der Waals surface area contributed by atoms with E-state index in [1.54, 1.807) is 12.1 Å². The topological polar surface area (TPSA) is 107 Å².